The van der Waals surface area contributed by atoms with Crippen LogP contribution in [0.2, 0.25) is 0 Å². The van der Waals surface area contributed by atoms with E-state index in [1.165, 1.54) is 0 Å². The molecule has 1 aromatic carbocycles. The summed E-state index contributed by atoms with van der Waals surface area (Å²) in [5.41, 5.74) is 4.09. The molecule has 0 aliphatic carbocycles. The van der Waals surface area contributed by atoms with Gasteiger partial charge in [0.05, 0.1) is 13.2 Å². The number of hydrogen-bond donors (Lipinski definition) is 0. The Hall–Kier alpha value is -4.24. The van der Waals surface area contributed by atoms with Gasteiger partial charge in [-0.3, -0.25) is 4.98 Å². The number of rotatable bonds is 4. The average Bonchev–Trinajstić information content (AvgIpc) is 3.26. The normalized spacial score (nSPS) is 14.0. The van der Waals surface area contributed by atoms with Crippen molar-refractivity contribution in [3.63, 3.8) is 0 Å². The highest BCUT2D eigenvalue weighted by atomic mass is 16.5. The van der Waals surface area contributed by atoms with E-state index in [1.54, 1.807) is 18.6 Å². The largest absolute Gasteiger partial charge is 0.378 e. The Morgan fingerprint density at radius 2 is 1.56 bits per heavy atom. The molecule has 1 aliphatic rings. The first-order chi connectivity index (χ1) is 16.8. The number of nitrogens with zero attached hydrogens (tertiary/aromatic N) is 8. The second-order valence-electron chi connectivity index (χ2n) is 8.00. The highest BCUT2D eigenvalue weighted by molar-refractivity contribution is 5.88. The molecule has 168 valence electrons. The molecule has 0 amide bonds. The first kappa shape index (κ1) is 20.4. The second-order valence-corrected chi connectivity index (χ2v) is 8.00. The van der Waals surface area contributed by atoms with Gasteiger partial charge in [0.25, 0.3) is 0 Å². The lowest BCUT2D eigenvalue weighted by atomic mass is 10.2. The molecule has 5 aromatic rings. The van der Waals surface area contributed by atoms with Crippen molar-refractivity contribution in [3.05, 3.63) is 67.1 Å². The number of fused-ring (bicyclic) bond motifs is 1. The van der Waals surface area contributed by atoms with Crippen molar-refractivity contribution in [1.29, 1.82) is 0 Å². The summed E-state index contributed by atoms with van der Waals surface area (Å²) in [5, 5.41) is 0. The molecular formula is C25H22N8O. The molecule has 0 atom stereocenters. The molecular weight excluding hydrogens is 428 g/mol. The minimum Gasteiger partial charge on any atom is -0.378 e. The summed E-state index contributed by atoms with van der Waals surface area (Å²) in [6, 6.07) is 15.6. The molecule has 1 fully saturated rings. The summed E-state index contributed by atoms with van der Waals surface area (Å²) >= 11 is 0. The van der Waals surface area contributed by atoms with Crippen molar-refractivity contribution < 1.29 is 4.74 Å². The van der Waals surface area contributed by atoms with Gasteiger partial charge in [-0.1, -0.05) is 30.3 Å². The minimum atomic E-state index is 0.540. The SMILES string of the molecule is Cn1c(-c2ccncc2)nc2c(N3CCOCC3)nc(-c3ccnc(-c4ccccc4)n3)nc21. The number of benzene rings is 1. The Morgan fingerprint density at radius 3 is 2.35 bits per heavy atom. The molecule has 9 nitrogen and oxygen atoms in total. The number of ether oxygens (including phenoxy) is 1. The predicted molar refractivity (Wildman–Crippen MR) is 129 cm³/mol. The zero-order valence-electron chi connectivity index (χ0n) is 18.7. The van der Waals surface area contributed by atoms with Crippen LogP contribution in [0, 0.1) is 0 Å². The Balaban J connectivity index is 1.54. The van der Waals surface area contributed by atoms with E-state index in [9.17, 15) is 0 Å². The van der Waals surface area contributed by atoms with E-state index in [-0.39, 0.29) is 0 Å². The third-order valence-corrected chi connectivity index (χ3v) is 5.87. The molecule has 0 N–H and O–H groups in total. The molecule has 6 rings (SSSR count). The monoisotopic (exact) mass is 450 g/mol. The van der Waals surface area contributed by atoms with Crippen molar-refractivity contribution in [2.75, 3.05) is 31.2 Å². The van der Waals surface area contributed by atoms with Gasteiger partial charge >= 0.3 is 0 Å². The van der Waals surface area contributed by atoms with E-state index in [2.05, 4.69) is 14.9 Å². The summed E-state index contributed by atoms with van der Waals surface area (Å²) in [6.45, 7) is 2.78. The van der Waals surface area contributed by atoms with Crippen LogP contribution in [0.3, 0.4) is 0 Å². The Bertz CT molecular complexity index is 1450. The maximum absolute atomic E-state index is 5.57. The number of hydrogen-bond acceptors (Lipinski definition) is 8. The second kappa shape index (κ2) is 8.60. The van der Waals surface area contributed by atoms with Crippen LogP contribution in [0.5, 0.6) is 0 Å². The van der Waals surface area contributed by atoms with E-state index in [0.717, 1.165) is 47.0 Å². The van der Waals surface area contributed by atoms with Crippen molar-refractivity contribution >= 4 is 17.0 Å². The van der Waals surface area contributed by atoms with E-state index in [1.807, 2.05) is 60.1 Å². The van der Waals surface area contributed by atoms with Gasteiger partial charge in [0, 0.05) is 49.9 Å². The first-order valence-corrected chi connectivity index (χ1v) is 11.1. The lowest BCUT2D eigenvalue weighted by Crippen LogP contribution is -2.37. The summed E-state index contributed by atoms with van der Waals surface area (Å²) in [7, 11) is 1.97. The lowest BCUT2D eigenvalue weighted by Gasteiger charge is -2.28. The fraction of sp³-hybridized carbons (Fsp3) is 0.200. The van der Waals surface area contributed by atoms with Gasteiger partial charge in [-0.05, 0) is 18.2 Å². The topological polar surface area (TPSA) is 94.7 Å². The number of pyridine rings is 1. The van der Waals surface area contributed by atoms with Crippen LogP contribution in [-0.4, -0.2) is 60.8 Å². The van der Waals surface area contributed by atoms with Crippen molar-refractivity contribution in [1.82, 2.24) is 34.5 Å². The highest BCUT2D eigenvalue weighted by Crippen LogP contribution is 2.31. The molecule has 1 saturated heterocycles. The predicted octanol–water partition coefficient (Wildman–Crippen LogP) is 3.39. The molecule has 1 aliphatic heterocycles. The molecule has 0 spiro atoms. The minimum absolute atomic E-state index is 0.540. The molecule has 0 bridgehead atoms. The van der Waals surface area contributed by atoms with Crippen LogP contribution in [0.1, 0.15) is 0 Å². The number of aromatic nitrogens is 7. The molecule has 5 heterocycles. The van der Waals surface area contributed by atoms with Gasteiger partial charge in [0.1, 0.15) is 11.5 Å². The van der Waals surface area contributed by atoms with Gasteiger partial charge in [-0.2, -0.15) is 0 Å². The Labute approximate surface area is 196 Å². The summed E-state index contributed by atoms with van der Waals surface area (Å²) in [4.78, 5) is 30.4. The maximum Gasteiger partial charge on any atom is 0.182 e. The van der Waals surface area contributed by atoms with Crippen LogP contribution in [0.15, 0.2) is 67.1 Å². The van der Waals surface area contributed by atoms with Crippen molar-refractivity contribution in [2.24, 2.45) is 7.05 Å². The molecule has 0 saturated carbocycles. The van der Waals surface area contributed by atoms with Gasteiger partial charge < -0.3 is 14.2 Å². The van der Waals surface area contributed by atoms with Gasteiger partial charge in [-0.25, -0.2) is 24.9 Å². The quantitative estimate of drug-likeness (QED) is 0.411. The van der Waals surface area contributed by atoms with Gasteiger partial charge in [0.2, 0.25) is 0 Å². The zero-order valence-corrected chi connectivity index (χ0v) is 18.7. The molecule has 9 heteroatoms. The number of imidazole rings is 1. The Morgan fingerprint density at radius 1 is 0.765 bits per heavy atom. The highest BCUT2D eigenvalue weighted by Gasteiger charge is 2.23. The maximum atomic E-state index is 5.57. The lowest BCUT2D eigenvalue weighted by molar-refractivity contribution is 0.122. The summed E-state index contributed by atoms with van der Waals surface area (Å²) < 4.78 is 7.57. The molecule has 34 heavy (non-hydrogen) atoms. The van der Waals surface area contributed by atoms with Crippen molar-refractivity contribution in [3.8, 4) is 34.3 Å². The van der Waals surface area contributed by atoms with Crippen LogP contribution in [0.4, 0.5) is 5.82 Å². The van der Waals surface area contributed by atoms with Crippen LogP contribution in [-0.2, 0) is 11.8 Å². The number of anilines is 1. The standard InChI is InChI=1S/C25H22N8O/c1-32-23(18-7-10-26-11-8-18)29-20-24(32)30-22(31-25(20)33-13-15-34-16-14-33)19-9-12-27-21(28-19)17-5-3-2-4-6-17/h2-12H,13-16H2,1H3. The van der Waals surface area contributed by atoms with Crippen LogP contribution in [0.25, 0.3) is 45.5 Å². The average molecular weight is 451 g/mol. The molecule has 0 radical (unpaired) electrons. The Kier molecular flexibility index (Phi) is 5.15. The smallest absolute Gasteiger partial charge is 0.182 e. The number of aryl methyl sites for hydroxylation is 1. The fourth-order valence-electron chi connectivity index (χ4n) is 4.13. The van der Waals surface area contributed by atoms with Crippen molar-refractivity contribution in [2.45, 2.75) is 0 Å². The van der Waals surface area contributed by atoms with E-state index >= 15 is 0 Å². The summed E-state index contributed by atoms with van der Waals surface area (Å²) in [6.07, 6.45) is 5.28. The van der Waals surface area contributed by atoms with E-state index in [4.69, 9.17) is 24.7 Å². The van der Waals surface area contributed by atoms with E-state index < -0.39 is 0 Å². The fourth-order valence-corrected chi connectivity index (χ4v) is 4.13. The first-order valence-electron chi connectivity index (χ1n) is 11.1. The van der Waals surface area contributed by atoms with Crippen LogP contribution < -0.4 is 4.90 Å². The van der Waals surface area contributed by atoms with Crippen LogP contribution >= 0.6 is 0 Å². The van der Waals surface area contributed by atoms with E-state index in [0.29, 0.717) is 30.6 Å². The van der Waals surface area contributed by atoms with Gasteiger partial charge in [0.15, 0.2) is 28.6 Å². The third-order valence-electron chi connectivity index (χ3n) is 5.87. The zero-order chi connectivity index (χ0) is 22.9. The summed E-state index contributed by atoms with van der Waals surface area (Å²) in [5.74, 6) is 2.78. The van der Waals surface area contributed by atoms with Gasteiger partial charge in [-0.15, -0.1) is 0 Å². The molecule has 4 aromatic heterocycles. The number of morpholine rings is 1. The molecule has 0 unspecified atom stereocenters. The third kappa shape index (κ3) is 3.65.